The minimum absolute atomic E-state index is 0.414. The summed E-state index contributed by atoms with van der Waals surface area (Å²) in [4.78, 5) is 33.4. The van der Waals surface area contributed by atoms with E-state index in [1.807, 2.05) is 17.4 Å². The third kappa shape index (κ3) is 3.57. The zero-order chi connectivity index (χ0) is 14.5. The number of hydrogen-bond acceptors (Lipinski definition) is 4. The zero-order valence-electron chi connectivity index (χ0n) is 11.0. The summed E-state index contributed by atoms with van der Waals surface area (Å²) < 4.78 is 4.82. The fraction of sp³-hybridized carbons (Fsp3) is 0.357. The van der Waals surface area contributed by atoms with Crippen LogP contribution >= 0.6 is 0 Å². The molecule has 0 saturated heterocycles. The maximum Gasteiger partial charge on any atom is 0.338 e. The number of esters is 1. The standard InChI is InChI=1S/C14H16N2O4/c15-14(19)16-12(17)8-20-13(18)11-6-5-9-3-1-2-4-10(9)7-11/h5-7H,1-4,8H2,(H3,15,16,17,19). The highest BCUT2D eigenvalue weighted by Crippen LogP contribution is 2.22. The number of nitrogens with one attached hydrogen (secondary N) is 1. The van der Waals surface area contributed by atoms with Crippen LogP contribution < -0.4 is 11.1 Å². The van der Waals surface area contributed by atoms with E-state index in [-0.39, 0.29) is 0 Å². The van der Waals surface area contributed by atoms with Crippen LogP contribution in [-0.2, 0) is 22.4 Å². The van der Waals surface area contributed by atoms with Gasteiger partial charge in [0.25, 0.3) is 5.91 Å². The summed E-state index contributed by atoms with van der Waals surface area (Å²) in [7, 11) is 0. The normalized spacial score (nSPS) is 13.2. The molecule has 3 N–H and O–H groups in total. The number of hydrogen-bond donors (Lipinski definition) is 2. The minimum atomic E-state index is -0.972. The molecule has 0 bridgehead atoms. The van der Waals surface area contributed by atoms with E-state index >= 15 is 0 Å². The van der Waals surface area contributed by atoms with Gasteiger partial charge in [0.05, 0.1) is 5.56 Å². The van der Waals surface area contributed by atoms with Crippen LogP contribution in [-0.4, -0.2) is 24.5 Å². The quantitative estimate of drug-likeness (QED) is 0.802. The van der Waals surface area contributed by atoms with Gasteiger partial charge in [-0.25, -0.2) is 9.59 Å². The Morgan fingerprint density at radius 1 is 1.15 bits per heavy atom. The van der Waals surface area contributed by atoms with Crippen LogP contribution in [0.4, 0.5) is 4.79 Å². The molecule has 1 aromatic carbocycles. The summed E-state index contributed by atoms with van der Waals surface area (Å²) in [6, 6.07) is 4.45. The van der Waals surface area contributed by atoms with E-state index in [2.05, 4.69) is 0 Å². The predicted octanol–water partition coefficient (Wildman–Crippen LogP) is 0.917. The fourth-order valence-electron chi connectivity index (χ4n) is 2.25. The third-order valence-corrected chi connectivity index (χ3v) is 3.18. The number of benzene rings is 1. The van der Waals surface area contributed by atoms with Gasteiger partial charge in [-0.15, -0.1) is 0 Å². The molecule has 0 aromatic heterocycles. The van der Waals surface area contributed by atoms with Gasteiger partial charge in [0, 0.05) is 0 Å². The van der Waals surface area contributed by atoms with Gasteiger partial charge in [0.15, 0.2) is 6.61 Å². The van der Waals surface area contributed by atoms with Crippen molar-refractivity contribution in [1.82, 2.24) is 5.32 Å². The van der Waals surface area contributed by atoms with Crippen molar-refractivity contribution in [2.45, 2.75) is 25.7 Å². The topological polar surface area (TPSA) is 98.5 Å². The lowest BCUT2D eigenvalue weighted by molar-refractivity contribution is -0.123. The van der Waals surface area contributed by atoms with Gasteiger partial charge in [-0.1, -0.05) is 6.07 Å². The van der Waals surface area contributed by atoms with Crippen molar-refractivity contribution < 1.29 is 19.1 Å². The molecule has 1 aliphatic carbocycles. The molecule has 20 heavy (non-hydrogen) atoms. The number of nitrogens with two attached hydrogens (primary N) is 1. The molecular formula is C14H16N2O4. The van der Waals surface area contributed by atoms with Crippen molar-refractivity contribution in [3.05, 3.63) is 34.9 Å². The van der Waals surface area contributed by atoms with Gasteiger partial charge in [0.1, 0.15) is 0 Å². The Hall–Kier alpha value is -2.37. The second-order valence-corrected chi connectivity index (χ2v) is 4.68. The molecular weight excluding hydrogens is 260 g/mol. The molecule has 0 aliphatic heterocycles. The Morgan fingerprint density at radius 2 is 1.85 bits per heavy atom. The molecule has 0 radical (unpaired) electrons. The number of rotatable bonds is 3. The first kappa shape index (κ1) is 14.0. The molecule has 106 valence electrons. The van der Waals surface area contributed by atoms with Crippen molar-refractivity contribution in [3.63, 3.8) is 0 Å². The van der Waals surface area contributed by atoms with Crippen molar-refractivity contribution in [3.8, 4) is 0 Å². The summed E-state index contributed by atoms with van der Waals surface area (Å²) in [5.74, 6) is -1.33. The summed E-state index contributed by atoms with van der Waals surface area (Å²) in [6.07, 6.45) is 4.28. The monoisotopic (exact) mass is 276 g/mol. The lowest BCUT2D eigenvalue weighted by atomic mass is 9.90. The molecule has 0 fully saturated rings. The van der Waals surface area contributed by atoms with Gasteiger partial charge in [-0.2, -0.15) is 0 Å². The molecule has 6 heteroatoms. The van der Waals surface area contributed by atoms with E-state index in [9.17, 15) is 14.4 Å². The minimum Gasteiger partial charge on any atom is -0.452 e. The Balaban J connectivity index is 1.95. The highest BCUT2D eigenvalue weighted by Gasteiger charge is 2.15. The van der Waals surface area contributed by atoms with Crippen LogP contribution in [0.5, 0.6) is 0 Å². The second-order valence-electron chi connectivity index (χ2n) is 4.68. The molecule has 1 aromatic rings. The lowest BCUT2D eigenvalue weighted by Gasteiger charge is -2.16. The average Bonchev–Trinajstić information content (AvgIpc) is 2.43. The summed E-state index contributed by atoms with van der Waals surface area (Å²) in [5, 5.41) is 1.82. The number of ether oxygens (including phenoxy) is 1. The van der Waals surface area contributed by atoms with E-state index in [1.54, 1.807) is 6.07 Å². The maximum atomic E-state index is 11.8. The lowest BCUT2D eigenvalue weighted by Crippen LogP contribution is -2.37. The highest BCUT2D eigenvalue weighted by atomic mass is 16.5. The first-order valence-corrected chi connectivity index (χ1v) is 6.44. The Kier molecular flexibility index (Phi) is 4.34. The van der Waals surface area contributed by atoms with Gasteiger partial charge < -0.3 is 10.5 Å². The highest BCUT2D eigenvalue weighted by molar-refractivity contribution is 5.96. The molecule has 0 heterocycles. The van der Waals surface area contributed by atoms with Crippen LogP contribution in [0.25, 0.3) is 0 Å². The molecule has 0 unspecified atom stereocenters. The van der Waals surface area contributed by atoms with Gasteiger partial charge in [0.2, 0.25) is 0 Å². The average molecular weight is 276 g/mol. The van der Waals surface area contributed by atoms with Crippen LogP contribution in [0, 0.1) is 0 Å². The van der Waals surface area contributed by atoms with Crippen LogP contribution in [0.15, 0.2) is 18.2 Å². The number of fused-ring (bicyclic) bond motifs is 1. The zero-order valence-corrected chi connectivity index (χ0v) is 11.0. The van der Waals surface area contributed by atoms with Crippen molar-refractivity contribution in [2.24, 2.45) is 5.73 Å². The predicted molar refractivity (Wildman–Crippen MR) is 71.1 cm³/mol. The van der Waals surface area contributed by atoms with Crippen molar-refractivity contribution >= 4 is 17.9 Å². The molecule has 0 spiro atoms. The summed E-state index contributed by atoms with van der Waals surface area (Å²) in [5.41, 5.74) is 7.61. The van der Waals surface area contributed by atoms with E-state index in [1.165, 1.54) is 12.0 Å². The smallest absolute Gasteiger partial charge is 0.338 e. The van der Waals surface area contributed by atoms with E-state index in [0.717, 1.165) is 24.8 Å². The van der Waals surface area contributed by atoms with E-state index in [4.69, 9.17) is 10.5 Å². The molecule has 0 atom stereocenters. The van der Waals surface area contributed by atoms with E-state index in [0.29, 0.717) is 5.56 Å². The number of aryl methyl sites for hydroxylation is 2. The SMILES string of the molecule is NC(=O)NC(=O)COC(=O)c1ccc2c(c1)CCCC2. The molecule has 3 amide bonds. The van der Waals surface area contributed by atoms with Crippen molar-refractivity contribution in [2.75, 3.05) is 6.61 Å². The van der Waals surface area contributed by atoms with Crippen LogP contribution in [0.1, 0.15) is 34.3 Å². The Bertz CT molecular complexity index is 554. The first-order valence-electron chi connectivity index (χ1n) is 6.44. The number of carbonyl (C=O) groups excluding carboxylic acids is 3. The van der Waals surface area contributed by atoms with Gasteiger partial charge in [-0.05, 0) is 48.9 Å². The number of imide groups is 1. The molecule has 0 saturated carbocycles. The van der Waals surface area contributed by atoms with Gasteiger partial charge >= 0.3 is 12.0 Å². The summed E-state index contributed by atoms with van der Waals surface area (Å²) >= 11 is 0. The molecule has 2 rings (SSSR count). The number of amides is 3. The maximum absolute atomic E-state index is 11.8. The first-order chi connectivity index (χ1) is 9.56. The molecule has 6 nitrogen and oxygen atoms in total. The second kappa shape index (κ2) is 6.18. The van der Waals surface area contributed by atoms with E-state index < -0.39 is 24.5 Å². The third-order valence-electron chi connectivity index (χ3n) is 3.18. The Labute approximate surface area is 116 Å². The largest absolute Gasteiger partial charge is 0.452 e. The van der Waals surface area contributed by atoms with Crippen molar-refractivity contribution in [1.29, 1.82) is 0 Å². The summed E-state index contributed by atoms with van der Waals surface area (Å²) in [6.45, 7) is -0.529. The van der Waals surface area contributed by atoms with Gasteiger partial charge in [-0.3, -0.25) is 10.1 Å². The van der Waals surface area contributed by atoms with Crippen LogP contribution in [0.2, 0.25) is 0 Å². The Morgan fingerprint density at radius 3 is 2.55 bits per heavy atom. The fourth-order valence-corrected chi connectivity index (χ4v) is 2.25. The van der Waals surface area contributed by atoms with Crippen LogP contribution in [0.3, 0.4) is 0 Å². The number of urea groups is 1. The number of carbonyl (C=O) groups is 3. The number of primary amides is 1. The molecule has 1 aliphatic rings.